The summed E-state index contributed by atoms with van der Waals surface area (Å²) in [6, 6.07) is 0.384. The van der Waals surface area contributed by atoms with Gasteiger partial charge in [0, 0.05) is 13.7 Å². The normalized spacial score (nSPS) is 32.3. The lowest BCUT2D eigenvalue weighted by molar-refractivity contribution is -0.241. The molecule has 0 aromatic rings. The number of hydrogen-bond donors (Lipinski definition) is 0. The molecule has 2 atom stereocenters. The fraction of sp³-hybridized carbons (Fsp3) is 0.933. The lowest BCUT2D eigenvalue weighted by Crippen LogP contribution is -2.49. The largest absolute Gasteiger partial charge is 0.382 e. The minimum atomic E-state index is -0.523. The number of nitrogens with zero attached hydrogens (tertiary/aromatic N) is 2. The summed E-state index contributed by atoms with van der Waals surface area (Å²) in [6.07, 6.45) is 2.34. The second kappa shape index (κ2) is 6.41. The van der Waals surface area contributed by atoms with Gasteiger partial charge in [0.05, 0.1) is 25.0 Å². The van der Waals surface area contributed by atoms with Crippen LogP contribution in [0.1, 0.15) is 40.5 Å². The third-order valence-electron chi connectivity index (χ3n) is 3.87. The molecule has 0 aromatic carbocycles. The number of hydrogen-bond acceptors (Lipinski definition) is 5. The molecule has 2 heterocycles. The predicted octanol–water partition coefficient (Wildman–Crippen LogP) is 2.26. The molecule has 2 aliphatic heterocycles. The molecule has 0 radical (unpaired) electrons. The molecule has 0 N–H and O–H groups in total. The second-order valence-electron chi connectivity index (χ2n) is 6.48. The van der Waals surface area contributed by atoms with Gasteiger partial charge in [-0.25, -0.2) is 0 Å². The Morgan fingerprint density at radius 1 is 1.45 bits per heavy atom. The summed E-state index contributed by atoms with van der Waals surface area (Å²) in [5.41, 5.74) is 1.00. The maximum absolute atomic E-state index is 6.04. The maximum Gasteiger partial charge on any atom is 0.164 e. The van der Waals surface area contributed by atoms with Gasteiger partial charge in [-0.05, 0) is 32.6 Å². The minimum Gasteiger partial charge on any atom is -0.382 e. The van der Waals surface area contributed by atoms with E-state index in [0.717, 1.165) is 25.3 Å². The van der Waals surface area contributed by atoms with Crippen LogP contribution in [0.2, 0.25) is 0 Å². The van der Waals surface area contributed by atoms with Crippen LogP contribution in [0.5, 0.6) is 0 Å². The summed E-state index contributed by atoms with van der Waals surface area (Å²) in [6.45, 7) is 10.5. The molecule has 20 heavy (non-hydrogen) atoms. The molecule has 2 aliphatic rings. The van der Waals surface area contributed by atoms with Gasteiger partial charge in [0.15, 0.2) is 5.79 Å². The molecule has 116 valence electrons. The van der Waals surface area contributed by atoms with Crippen molar-refractivity contribution in [3.05, 3.63) is 0 Å². The standard InChI is InChI=1S/C15H28N2O3/c1-11(2)14-13(10-19-15(3,4)20-14)16-17-8-6-7-12(17)9-18-5/h11-12,14H,6-10H2,1-5H3/b16-13+/t12-,14-/m1/s1. The molecule has 5 nitrogen and oxygen atoms in total. The smallest absolute Gasteiger partial charge is 0.164 e. The summed E-state index contributed by atoms with van der Waals surface area (Å²) < 4.78 is 17.1. The zero-order valence-electron chi connectivity index (χ0n) is 13.4. The first-order valence-corrected chi connectivity index (χ1v) is 7.57. The van der Waals surface area contributed by atoms with E-state index in [9.17, 15) is 0 Å². The third kappa shape index (κ3) is 3.71. The van der Waals surface area contributed by atoms with Crippen LogP contribution in [-0.4, -0.2) is 55.5 Å². The van der Waals surface area contributed by atoms with Crippen molar-refractivity contribution in [1.29, 1.82) is 0 Å². The molecule has 2 rings (SSSR count). The van der Waals surface area contributed by atoms with Crippen molar-refractivity contribution in [2.45, 2.75) is 58.5 Å². The van der Waals surface area contributed by atoms with Crippen LogP contribution < -0.4 is 0 Å². The first-order chi connectivity index (χ1) is 9.43. The summed E-state index contributed by atoms with van der Waals surface area (Å²) in [5.74, 6) is -0.134. The van der Waals surface area contributed by atoms with E-state index in [4.69, 9.17) is 19.3 Å². The van der Waals surface area contributed by atoms with Gasteiger partial charge >= 0.3 is 0 Å². The first-order valence-electron chi connectivity index (χ1n) is 7.57. The Balaban J connectivity index is 2.10. The average Bonchev–Trinajstić information content (AvgIpc) is 2.79. The van der Waals surface area contributed by atoms with E-state index in [1.165, 1.54) is 6.42 Å². The minimum absolute atomic E-state index is 0.0301. The van der Waals surface area contributed by atoms with Crippen molar-refractivity contribution >= 4 is 5.71 Å². The van der Waals surface area contributed by atoms with Gasteiger partial charge in [0.2, 0.25) is 0 Å². The molecular formula is C15H28N2O3. The van der Waals surface area contributed by atoms with E-state index < -0.39 is 5.79 Å². The molecule has 2 fully saturated rings. The van der Waals surface area contributed by atoms with Gasteiger partial charge in [-0.15, -0.1) is 0 Å². The van der Waals surface area contributed by atoms with Gasteiger partial charge in [-0.3, -0.25) is 5.01 Å². The summed E-state index contributed by atoms with van der Waals surface area (Å²) in [5, 5.41) is 6.98. The second-order valence-corrected chi connectivity index (χ2v) is 6.48. The molecule has 0 spiro atoms. The first kappa shape index (κ1) is 15.7. The van der Waals surface area contributed by atoms with Crippen molar-refractivity contribution in [2.24, 2.45) is 11.0 Å². The van der Waals surface area contributed by atoms with Gasteiger partial charge in [0.25, 0.3) is 0 Å². The summed E-state index contributed by atoms with van der Waals surface area (Å²) >= 11 is 0. The highest BCUT2D eigenvalue weighted by molar-refractivity contribution is 5.90. The van der Waals surface area contributed by atoms with E-state index in [2.05, 4.69) is 18.9 Å². The Morgan fingerprint density at radius 3 is 2.85 bits per heavy atom. The van der Waals surface area contributed by atoms with E-state index in [1.54, 1.807) is 7.11 Å². The van der Waals surface area contributed by atoms with Crippen LogP contribution in [0.4, 0.5) is 0 Å². The highest BCUT2D eigenvalue weighted by Crippen LogP contribution is 2.26. The topological polar surface area (TPSA) is 43.3 Å². The van der Waals surface area contributed by atoms with Crippen molar-refractivity contribution in [3.63, 3.8) is 0 Å². The molecule has 0 aromatic heterocycles. The average molecular weight is 284 g/mol. The lowest BCUT2D eigenvalue weighted by atomic mass is 10.0. The number of methoxy groups -OCH3 is 1. The van der Waals surface area contributed by atoms with E-state index in [1.807, 2.05) is 13.8 Å². The van der Waals surface area contributed by atoms with Crippen molar-refractivity contribution in [1.82, 2.24) is 5.01 Å². The Hall–Kier alpha value is -0.650. The zero-order chi connectivity index (χ0) is 14.8. The lowest BCUT2D eigenvalue weighted by Gasteiger charge is -2.39. The summed E-state index contributed by atoms with van der Waals surface area (Å²) in [7, 11) is 1.75. The van der Waals surface area contributed by atoms with Crippen LogP contribution >= 0.6 is 0 Å². The van der Waals surface area contributed by atoms with Gasteiger partial charge in [0.1, 0.15) is 6.10 Å². The highest BCUT2D eigenvalue weighted by Gasteiger charge is 2.36. The van der Waals surface area contributed by atoms with Crippen LogP contribution in [0.15, 0.2) is 5.10 Å². The van der Waals surface area contributed by atoms with E-state index >= 15 is 0 Å². The van der Waals surface area contributed by atoms with E-state index in [-0.39, 0.29) is 6.10 Å². The Kier molecular flexibility index (Phi) is 5.04. The zero-order valence-corrected chi connectivity index (χ0v) is 13.4. The fourth-order valence-corrected chi connectivity index (χ4v) is 2.82. The SMILES string of the molecule is COC[C@H]1CCCN1/N=C1\COC(C)(C)O[C@@H]1C(C)C. The molecule has 5 heteroatoms. The van der Waals surface area contributed by atoms with Gasteiger partial charge in [-0.1, -0.05) is 13.8 Å². The molecule has 0 amide bonds. The predicted molar refractivity (Wildman–Crippen MR) is 78.8 cm³/mol. The molecule has 2 saturated heterocycles. The Morgan fingerprint density at radius 2 is 2.20 bits per heavy atom. The van der Waals surface area contributed by atoms with E-state index in [0.29, 0.717) is 18.6 Å². The highest BCUT2D eigenvalue weighted by atomic mass is 16.7. The molecule has 0 saturated carbocycles. The third-order valence-corrected chi connectivity index (χ3v) is 3.87. The molecular weight excluding hydrogens is 256 g/mol. The van der Waals surface area contributed by atoms with Gasteiger partial charge < -0.3 is 14.2 Å². The Labute approximate surface area is 122 Å². The number of rotatable bonds is 4. The quantitative estimate of drug-likeness (QED) is 0.794. The van der Waals surface area contributed by atoms with Crippen molar-refractivity contribution in [2.75, 3.05) is 26.9 Å². The van der Waals surface area contributed by atoms with Gasteiger partial charge in [-0.2, -0.15) is 5.10 Å². The van der Waals surface area contributed by atoms with Crippen molar-refractivity contribution in [3.8, 4) is 0 Å². The van der Waals surface area contributed by atoms with Crippen LogP contribution in [0.25, 0.3) is 0 Å². The molecule has 0 bridgehead atoms. The molecule has 0 unspecified atom stereocenters. The number of hydrazone groups is 1. The van der Waals surface area contributed by atoms with Crippen molar-refractivity contribution < 1.29 is 14.2 Å². The molecule has 0 aliphatic carbocycles. The van der Waals surface area contributed by atoms with Crippen LogP contribution in [-0.2, 0) is 14.2 Å². The monoisotopic (exact) mass is 284 g/mol. The maximum atomic E-state index is 6.04. The summed E-state index contributed by atoms with van der Waals surface area (Å²) in [4.78, 5) is 0. The fourth-order valence-electron chi connectivity index (χ4n) is 2.82. The Bertz CT molecular complexity index is 355. The number of ether oxygens (including phenoxy) is 3. The van der Waals surface area contributed by atoms with Crippen LogP contribution in [0, 0.1) is 5.92 Å². The van der Waals surface area contributed by atoms with Crippen LogP contribution in [0.3, 0.4) is 0 Å².